The summed E-state index contributed by atoms with van der Waals surface area (Å²) in [5.74, 6) is 1.82. The summed E-state index contributed by atoms with van der Waals surface area (Å²) in [6, 6.07) is 7.33. The lowest BCUT2D eigenvalue weighted by atomic mass is 10.2. The minimum absolute atomic E-state index is 0.0472. The summed E-state index contributed by atoms with van der Waals surface area (Å²) in [6.45, 7) is 4.55. The molecule has 0 aliphatic carbocycles. The molecular weight excluding hydrogens is 374 g/mol. The quantitative estimate of drug-likeness (QED) is 0.741. The van der Waals surface area contributed by atoms with Gasteiger partial charge in [-0.15, -0.1) is 0 Å². The summed E-state index contributed by atoms with van der Waals surface area (Å²) in [5.41, 5.74) is 0.892. The molecule has 0 N–H and O–H groups in total. The molecule has 29 heavy (non-hydrogen) atoms. The SMILES string of the molecule is CC(=O)N(CC(=O)N1CCN(c2ncccn2)CC1)Cc1ccc2c(c1)OCO2. The lowest BCUT2D eigenvalue weighted by molar-refractivity contribution is -0.140. The van der Waals surface area contributed by atoms with Crippen LogP contribution in [0, 0.1) is 0 Å². The number of benzene rings is 1. The highest BCUT2D eigenvalue weighted by Crippen LogP contribution is 2.32. The van der Waals surface area contributed by atoms with Crippen molar-refractivity contribution in [1.29, 1.82) is 0 Å². The maximum Gasteiger partial charge on any atom is 0.242 e. The number of amides is 2. The van der Waals surface area contributed by atoms with Gasteiger partial charge in [0, 0.05) is 52.0 Å². The maximum absolute atomic E-state index is 12.8. The predicted octanol–water partition coefficient (Wildman–Crippen LogP) is 0.903. The first-order chi connectivity index (χ1) is 14.1. The highest BCUT2D eigenvalue weighted by atomic mass is 16.7. The first-order valence-electron chi connectivity index (χ1n) is 9.54. The Morgan fingerprint density at radius 3 is 2.52 bits per heavy atom. The van der Waals surface area contributed by atoms with Crippen molar-refractivity contribution >= 4 is 17.8 Å². The van der Waals surface area contributed by atoms with Crippen molar-refractivity contribution < 1.29 is 19.1 Å². The molecule has 9 heteroatoms. The maximum atomic E-state index is 12.8. The standard InChI is InChI=1S/C20H23N5O4/c1-15(26)25(12-16-3-4-17-18(11-16)29-14-28-17)13-19(27)23-7-9-24(10-8-23)20-21-5-2-6-22-20/h2-6,11H,7-10,12-14H2,1H3. The van der Waals surface area contributed by atoms with Crippen LogP contribution in [0.15, 0.2) is 36.7 Å². The molecule has 0 radical (unpaired) electrons. The highest BCUT2D eigenvalue weighted by Gasteiger charge is 2.25. The number of nitrogens with zero attached hydrogens (tertiary/aromatic N) is 5. The van der Waals surface area contributed by atoms with Gasteiger partial charge in [-0.3, -0.25) is 9.59 Å². The zero-order valence-electron chi connectivity index (χ0n) is 16.3. The molecule has 2 amide bonds. The third-order valence-electron chi connectivity index (χ3n) is 5.05. The Kier molecular flexibility index (Phi) is 5.46. The average molecular weight is 397 g/mol. The monoisotopic (exact) mass is 397 g/mol. The molecule has 152 valence electrons. The van der Waals surface area contributed by atoms with Gasteiger partial charge in [0.2, 0.25) is 24.6 Å². The molecule has 2 aromatic rings. The van der Waals surface area contributed by atoms with Gasteiger partial charge < -0.3 is 24.2 Å². The lowest BCUT2D eigenvalue weighted by Crippen LogP contribution is -2.52. The summed E-state index contributed by atoms with van der Waals surface area (Å²) >= 11 is 0. The number of fused-ring (bicyclic) bond motifs is 1. The number of aromatic nitrogens is 2. The largest absolute Gasteiger partial charge is 0.454 e. The van der Waals surface area contributed by atoms with Gasteiger partial charge in [0.05, 0.1) is 0 Å². The molecule has 0 saturated carbocycles. The van der Waals surface area contributed by atoms with Crippen LogP contribution in [-0.4, -0.2) is 71.1 Å². The number of anilines is 1. The van der Waals surface area contributed by atoms with Crippen LogP contribution in [0.2, 0.25) is 0 Å². The minimum Gasteiger partial charge on any atom is -0.454 e. The van der Waals surface area contributed by atoms with Crippen molar-refractivity contribution in [2.45, 2.75) is 13.5 Å². The van der Waals surface area contributed by atoms with E-state index < -0.39 is 0 Å². The predicted molar refractivity (Wildman–Crippen MR) is 104 cm³/mol. The fourth-order valence-corrected chi connectivity index (χ4v) is 3.41. The van der Waals surface area contributed by atoms with Gasteiger partial charge in [-0.1, -0.05) is 6.07 Å². The normalized spacial score (nSPS) is 15.3. The summed E-state index contributed by atoms with van der Waals surface area (Å²) in [6.07, 6.45) is 3.42. The van der Waals surface area contributed by atoms with Crippen LogP contribution < -0.4 is 14.4 Å². The Morgan fingerprint density at radius 2 is 1.79 bits per heavy atom. The van der Waals surface area contributed by atoms with Crippen molar-refractivity contribution in [3.8, 4) is 11.5 Å². The van der Waals surface area contributed by atoms with Crippen molar-refractivity contribution in [2.24, 2.45) is 0 Å². The summed E-state index contributed by atoms with van der Waals surface area (Å²) < 4.78 is 10.7. The van der Waals surface area contributed by atoms with Crippen LogP contribution in [-0.2, 0) is 16.1 Å². The topological polar surface area (TPSA) is 88.1 Å². The van der Waals surface area contributed by atoms with Gasteiger partial charge in [0.25, 0.3) is 0 Å². The van der Waals surface area contributed by atoms with Crippen LogP contribution >= 0.6 is 0 Å². The van der Waals surface area contributed by atoms with Gasteiger partial charge in [0.1, 0.15) is 6.54 Å². The number of carbonyl (C=O) groups is 2. The summed E-state index contributed by atoms with van der Waals surface area (Å²) in [4.78, 5) is 38.8. The second kappa shape index (κ2) is 8.34. The second-order valence-corrected chi connectivity index (χ2v) is 6.98. The van der Waals surface area contributed by atoms with E-state index in [1.165, 1.54) is 6.92 Å². The molecule has 3 heterocycles. The zero-order valence-corrected chi connectivity index (χ0v) is 16.3. The Hall–Kier alpha value is -3.36. The summed E-state index contributed by atoms with van der Waals surface area (Å²) in [5, 5.41) is 0. The van der Waals surface area contributed by atoms with Gasteiger partial charge >= 0.3 is 0 Å². The molecule has 1 aromatic carbocycles. The second-order valence-electron chi connectivity index (χ2n) is 6.98. The van der Waals surface area contributed by atoms with Crippen molar-refractivity contribution in [3.05, 3.63) is 42.2 Å². The van der Waals surface area contributed by atoms with E-state index in [1.807, 2.05) is 18.2 Å². The Morgan fingerprint density at radius 1 is 1.07 bits per heavy atom. The zero-order chi connectivity index (χ0) is 20.2. The fraction of sp³-hybridized carbons (Fsp3) is 0.400. The van der Waals surface area contributed by atoms with Gasteiger partial charge in [-0.05, 0) is 23.8 Å². The molecule has 2 aliphatic rings. The van der Waals surface area contributed by atoms with E-state index in [-0.39, 0.29) is 25.2 Å². The van der Waals surface area contributed by atoms with E-state index in [9.17, 15) is 9.59 Å². The van der Waals surface area contributed by atoms with Crippen LogP contribution in [0.5, 0.6) is 11.5 Å². The van der Waals surface area contributed by atoms with E-state index in [4.69, 9.17) is 9.47 Å². The third kappa shape index (κ3) is 4.39. The number of ether oxygens (including phenoxy) is 2. The molecule has 4 rings (SSSR count). The third-order valence-corrected chi connectivity index (χ3v) is 5.05. The summed E-state index contributed by atoms with van der Waals surface area (Å²) in [7, 11) is 0. The fourth-order valence-electron chi connectivity index (χ4n) is 3.41. The van der Waals surface area contributed by atoms with Gasteiger partial charge in [-0.2, -0.15) is 0 Å². The number of hydrogen-bond acceptors (Lipinski definition) is 7. The minimum atomic E-state index is -0.146. The molecule has 0 spiro atoms. The molecule has 1 aromatic heterocycles. The molecular formula is C20H23N5O4. The molecule has 0 bridgehead atoms. The van der Waals surface area contributed by atoms with E-state index in [0.29, 0.717) is 50.2 Å². The average Bonchev–Trinajstić information content (AvgIpc) is 3.22. The number of rotatable bonds is 5. The van der Waals surface area contributed by atoms with Crippen molar-refractivity contribution in [3.63, 3.8) is 0 Å². The van der Waals surface area contributed by atoms with Crippen LogP contribution in [0.3, 0.4) is 0 Å². The van der Waals surface area contributed by atoms with Crippen LogP contribution in [0.1, 0.15) is 12.5 Å². The van der Waals surface area contributed by atoms with Crippen molar-refractivity contribution in [2.75, 3.05) is 44.4 Å². The number of piperazine rings is 1. The van der Waals surface area contributed by atoms with Crippen LogP contribution in [0.4, 0.5) is 5.95 Å². The van der Waals surface area contributed by atoms with Gasteiger partial charge in [-0.25, -0.2) is 9.97 Å². The Balaban J connectivity index is 1.34. The molecule has 9 nitrogen and oxygen atoms in total. The molecule has 0 atom stereocenters. The van der Waals surface area contributed by atoms with E-state index in [0.717, 1.165) is 5.56 Å². The van der Waals surface area contributed by atoms with Crippen molar-refractivity contribution in [1.82, 2.24) is 19.8 Å². The number of hydrogen-bond donors (Lipinski definition) is 0. The first-order valence-corrected chi connectivity index (χ1v) is 9.54. The Labute approximate surface area is 168 Å². The van der Waals surface area contributed by atoms with E-state index in [1.54, 1.807) is 28.3 Å². The van der Waals surface area contributed by atoms with E-state index in [2.05, 4.69) is 14.9 Å². The molecule has 1 fully saturated rings. The van der Waals surface area contributed by atoms with Crippen LogP contribution in [0.25, 0.3) is 0 Å². The first kappa shape index (κ1) is 19.0. The molecule has 1 saturated heterocycles. The molecule has 2 aliphatic heterocycles. The number of carbonyl (C=O) groups excluding carboxylic acids is 2. The Bertz CT molecular complexity index is 884. The highest BCUT2D eigenvalue weighted by molar-refractivity contribution is 5.84. The smallest absolute Gasteiger partial charge is 0.242 e. The lowest BCUT2D eigenvalue weighted by Gasteiger charge is -2.35. The molecule has 0 unspecified atom stereocenters. The van der Waals surface area contributed by atoms with Gasteiger partial charge in [0.15, 0.2) is 11.5 Å². The van der Waals surface area contributed by atoms with E-state index >= 15 is 0 Å².